The first kappa shape index (κ1) is 12.9. The van der Waals surface area contributed by atoms with E-state index in [4.69, 9.17) is 4.74 Å². The summed E-state index contributed by atoms with van der Waals surface area (Å²) in [5, 5.41) is 10.1. The van der Waals surface area contributed by atoms with Crippen LogP contribution in [0.3, 0.4) is 0 Å². The molecule has 13 heavy (non-hydrogen) atoms. The molecule has 0 radical (unpaired) electrons. The Balaban J connectivity index is 3.67. The van der Waals surface area contributed by atoms with Crippen molar-refractivity contribution in [1.29, 1.82) is 0 Å². The van der Waals surface area contributed by atoms with E-state index in [0.29, 0.717) is 6.61 Å². The average molecular weight is 188 g/mol. The lowest BCUT2D eigenvalue weighted by Crippen LogP contribution is -2.33. The fraction of sp³-hybridized carbons (Fsp3) is 1.00. The van der Waals surface area contributed by atoms with Gasteiger partial charge in [-0.2, -0.15) is 0 Å². The predicted molar refractivity (Wildman–Crippen MR) is 55.9 cm³/mol. The fourth-order valence-corrected chi connectivity index (χ4v) is 1.26. The largest absolute Gasteiger partial charge is 0.387 e. The Morgan fingerprint density at radius 2 is 1.85 bits per heavy atom. The van der Waals surface area contributed by atoms with Crippen molar-refractivity contribution < 1.29 is 9.84 Å². The van der Waals surface area contributed by atoms with Crippen LogP contribution >= 0.6 is 0 Å². The standard InChI is InChI=1S/C11H24O2/c1-4-7-8-11(12,6-3)10-13-9-5-2/h12H,4-10H2,1-3H3. The summed E-state index contributed by atoms with van der Waals surface area (Å²) in [6.45, 7) is 7.50. The maximum absolute atomic E-state index is 10.1. The van der Waals surface area contributed by atoms with Crippen molar-refractivity contribution in [3.63, 3.8) is 0 Å². The Labute approximate surface area is 82.3 Å². The summed E-state index contributed by atoms with van der Waals surface area (Å²) in [4.78, 5) is 0. The van der Waals surface area contributed by atoms with Crippen molar-refractivity contribution in [2.75, 3.05) is 13.2 Å². The van der Waals surface area contributed by atoms with E-state index < -0.39 is 5.60 Å². The molecular formula is C11H24O2. The number of hydrogen-bond donors (Lipinski definition) is 1. The van der Waals surface area contributed by atoms with Crippen LogP contribution in [0.2, 0.25) is 0 Å². The van der Waals surface area contributed by atoms with E-state index in [1.807, 2.05) is 6.92 Å². The van der Waals surface area contributed by atoms with Crippen molar-refractivity contribution in [1.82, 2.24) is 0 Å². The first-order valence-corrected chi connectivity index (χ1v) is 5.48. The Hall–Kier alpha value is -0.0800. The van der Waals surface area contributed by atoms with E-state index in [2.05, 4.69) is 13.8 Å². The quantitative estimate of drug-likeness (QED) is 0.593. The zero-order valence-corrected chi connectivity index (χ0v) is 9.31. The molecule has 0 heterocycles. The van der Waals surface area contributed by atoms with Gasteiger partial charge in [0.2, 0.25) is 0 Å². The Bertz CT molecular complexity index is 115. The summed E-state index contributed by atoms with van der Waals surface area (Å²) >= 11 is 0. The van der Waals surface area contributed by atoms with Crippen molar-refractivity contribution in [3.05, 3.63) is 0 Å². The van der Waals surface area contributed by atoms with Gasteiger partial charge in [0, 0.05) is 6.61 Å². The van der Waals surface area contributed by atoms with Gasteiger partial charge in [0.15, 0.2) is 0 Å². The van der Waals surface area contributed by atoms with Gasteiger partial charge in [-0.1, -0.05) is 33.6 Å². The molecule has 0 saturated heterocycles. The molecule has 0 saturated carbocycles. The lowest BCUT2D eigenvalue weighted by molar-refractivity contribution is -0.0550. The molecule has 2 nitrogen and oxygen atoms in total. The molecule has 0 aromatic rings. The molecular weight excluding hydrogens is 164 g/mol. The predicted octanol–water partition coefficient (Wildman–Crippen LogP) is 2.74. The van der Waals surface area contributed by atoms with Crippen LogP contribution in [-0.2, 0) is 4.74 Å². The third-order valence-electron chi connectivity index (χ3n) is 2.37. The monoisotopic (exact) mass is 188 g/mol. The van der Waals surface area contributed by atoms with Crippen LogP contribution in [0.4, 0.5) is 0 Å². The Morgan fingerprint density at radius 1 is 1.15 bits per heavy atom. The number of unbranched alkanes of at least 4 members (excludes halogenated alkanes) is 1. The highest BCUT2D eigenvalue weighted by Gasteiger charge is 2.23. The lowest BCUT2D eigenvalue weighted by Gasteiger charge is -2.26. The number of rotatable bonds is 8. The molecule has 0 rings (SSSR count). The molecule has 0 aromatic carbocycles. The second kappa shape index (κ2) is 7.34. The van der Waals surface area contributed by atoms with Crippen LogP contribution in [0.25, 0.3) is 0 Å². The van der Waals surface area contributed by atoms with Crippen molar-refractivity contribution in [2.45, 2.75) is 58.5 Å². The van der Waals surface area contributed by atoms with E-state index in [0.717, 1.165) is 38.7 Å². The number of hydrogen-bond acceptors (Lipinski definition) is 2. The fourth-order valence-electron chi connectivity index (χ4n) is 1.26. The second-order valence-electron chi connectivity index (χ2n) is 3.73. The van der Waals surface area contributed by atoms with Gasteiger partial charge in [0.1, 0.15) is 0 Å². The molecule has 0 amide bonds. The summed E-state index contributed by atoms with van der Waals surface area (Å²) < 4.78 is 5.39. The topological polar surface area (TPSA) is 29.5 Å². The van der Waals surface area contributed by atoms with Gasteiger partial charge < -0.3 is 9.84 Å². The number of aliphatic hydroxyl groups is 1. The normalized spacial score (nSPS) is 15.7. The molecule has 1 N–H and O–H groups in total. The van der Waals surface area contributed by atoms with Crippen molar-refractivity contribution in [2.24, 2.45) is 0 Å². The smallest absolute Gasteiger partial charge is 0.0877 e. The minimum atomic E-state index is -0.578. The SMILES string of the molecule is CCCCC(O)(CC)COCCC. The Kier molecular flexibility index (Phi) is 7.29. The Morgan fingerprint density at radius 3 is 2.31 bits per heavy atom. The molecule has 1 unspecified atom stereocenters. The molecule has 80 valence electrons. The minimum absolute atomic E-state index is 0.497. The second-order valence-corrected chi connectivity index (χ2v) is 3.73. The van der Waals surface area contributed by atoms with E-state index in [9.17, 15) is 5.11 Å². The highest BCUT2D eigenvalue weighted by Crippen LogP contribution is 2.18. The van der Waals surface area contributed by atoms with Gasteiger partial charge in [-0.25, -0.2) is 0 Å². The van der Waals surface area contributed by atoms with Crippen LogP contribution in [0.1, 0.15) is 52.9 Å². The van der Waals surface area contributed by atoms with Gasteiger partial charge in [-0.3, -0.25) is 0 Å². The molecule has 0 aromatic heterocycles. The minimum Gasteiger partial charge on any atom is -0.387 e. The van der Waals surface area contributed by atoms with Crippen LogP contribution in [0.5, 0.6) is 0 Å². The molecule has 0 aliphatic rings. The average Bonchev–Trinajstić information content (AvgIpc) is 2.15. The maximum Gasteiger partial charge on any atom is 0.0877 e. The highest BCUT2D eigenvalue weighted by molar-refractivity contribution is 4.75. The van der Waals surface area contributed by atoms with E-state index >= 15 is 0 Å². The van der Waals surface area contributed by atoms with Gasteiger partial charge in [0.25, 0.3) is 0 Å². The van der Waals surface area contributed by atoms with E-state index in [1.165, 1.54) is 0 Å². The summed E-state index contributed by atoms with van der Waals surface area (Å²) in [5.41, 5.74) is -0.578. The van der Waals surface area contributed by atoms with Gasteiger partial charge in [-0.15, -0.1) is 0 Å². The summed E-state index contributed by atoms with van der Waals surface area (Å²) in [5.74, 6) is 0. The zero-order valence-electron chi connectivity index (χ0n) is 9.31. The first-order chi connectivity index (χ1) is 6.18. The third-order valence-corrected chi connectivity index (χ3v) is 2.37. The van der Waals surface area contributed by atoms with E-state index in [-0.39, 0.29) is 0 Å². The van der Waals surface area contributed by atoms with Crippen molar-refractivity contribution in [3.8, 4) is 0 Å². The summed E-state index contributed by atoms with van der Waals surface area (Å²) in [6, 6.07) is 0. The molecule has 0 fully saturated rings. The molecule has 1 atom stereocenters. The van der Waals surface area contributed by atoms with Gasteiger partial charge >= 0.3 is 0 Å². The van der Waals surface area contributed by atoms with Crippen LogP contribution in [0, 0.1) is 0 Å². The van der Waals surface area contributed by atoms with Crippen molar-refractivity contribution >= 4 is 0 Å². The van der Waals surface area contributed by atoms with Crippen LogP contribution in [-0.4, -0.2) is 23.9 Å². The molecule has 0 aliphatic heterocycles. The highest BCUT2D eigenvalue weighted by atomic mass is 16.5. The summed E-state index contributed by atoms with van der Waals surface area (Å²) in [6.07, 6.45) is 4.89. The molecule has 2 heteroatoms. The summed E-state index contributed by atoms with van der Waals surface area (Å²) in [7, 11) is 0. The van der Waals surface area contributed by atoms with Gasteiger partial charge in [0.05, 0.1) is 12.2 Å². The van der Waals surface area contributed by atoms with E-state index in [1.54, 1.807) is 0 Å². The molecule has 0 spiro atoms. The maximum atomic E-state index is 10.1. The third kappa shape index (κ3) is 6.05. The zero-order chi connectivity index (χ0) is 10.2. The van der Waals surface area contributed by atoms with Crippen LogP contribution < -0.4 is 0 Å². The molecule has 0 bridgehead atoms. The van der Waals surface area contributed by atoms with Gasteiger partial charge in [-0.05, 0) is 19.3 Å². The molecule has 0 aliphatic carbocycles. The lowest BCUT2D eigenvalue weighted by atomic mass is 9.95. The number of ether oxygens (including phenoxy) is 1. The van der Waals surface area contributed by atoms with Crippen LogP contribution in [0.15, 0.2) is 0 Å². The first-order valence-electron chi connectivity index (χ1n) is 5.48.